The number of thioether (sulfide) groups is 1. The number of nitrogens with one attached hydrogen (secondary N) is 1. The predicted molar refractivity (Wildman–Crippen MR) is 65.5 cm³/mol. The fraction of sp³-hybridized carbons (Fsp3) is 0.0833. The molecule has 0 aliphatic carbocycles. The van der Waals surface area contributed by atoms with E-state index in [0.717, 1.165) is 22.3 Å². The third-order valence-electron chi connectivity index (χ3n) is 2.34. The Morgan fingerprint density at radius 3 is 3.12 bits per heavy atom. The lowest BCUT2D eigenvalue weighted by Gasteiger charge is -1.91. The molecule has 3 heterocycles. The van der Waals surface area contributed by atoms with Crippen LogP contribution >= 0.6 is 11.8 Å². The van der Waals surface area contributed by atoms with Gasteiger partial charge in [0.15, 0.2) is 6.20 Å². The highest BCUT2D eigenvalue weighted by molar-refractivity contribution is 7.98. The summed E-state index contributed by atoms with van der Waals surface area (Å²) in [6.45, 7) is 0. The van der Waals surface area contributed by atoms with Gasteiger partial charge >= 0.3 is 0 Å². The average molecular weight is 243 g/mol. The molecule has 17 heavy (non-hydrogen) atoms. The van der Waals surface area contributed by atoms with E-state index in [1.807, 2.05) is 41.2 Å². The molecule has 5 heteroatoms. The summed E-state index contributed by atoms with van der Waals surface area (Å²) >= 11 is 1.73. The highest BCUT2D eigenvalue weighted by Crippen LogP contribution is 2.17. The van der Waals surface area contributed by atoms with Crippen molar-refractivity contribution >= 4 is 17.5 Å². The standard InChI is InChI=1S/C12H10N4S/c1-2-5-13-11(4-1)17-9-10-8-16-7-3-6-14-12(16)15-10/h1-8H,9H2/p+1. The van der Waals surface area contributed by atoms with Gasteiger partial charge in [-0.1, -0.05) is 11.8 Å². The Kier molecular flexibility index (Phi) is 2.75. The Morgan fingerprint density at radius 2 is 2.29 bits per heavy atom. The number of pyridine rings is 1. The molecule has 84 valence electrons. The molecule has 0 atom stereocenters. The maximum Gasteiger partial charge on any atom is 0.238 e. The van der Waals surface area contributed by atoms with E-state index in [1.54, 1.807) is 18.0 Å². The summed E-state index contributed by atoms with van der Waals surface area (Å²) in [6.07, 6.45) is 7.65. The zero-order valence-corrected chi connectivity index (χ0v) is 9.89. The third kappa shape index (κ3) is 2.29. The molecule has 3 rings (SSSR count). The molecule has 0 aromatic carbocycles. The minimum atomic E-state index is 0.750. The van der Waals surface area contributed by atoms with Gasteiger partial charge in [-0.15, -0.1) is 0 Å². The summed E-state index contributed by atoms with van der Waals surface area (Å²) in [4.78, 5) is 11.8. The van der Waals surface area contributed by atoms with E-state index in [4.69, 9.17) is 0 Å². The molecule has 0 radical (unpaired) electrons. The number of H-pyrrole nitrogens is 1. The van der Waals surface area contributed by atoms with Gasteiger partial charge in [-0.2, -0.15) is 0 Å². The molecule has 0 aliphatic heterocycles. The zero-order valence-electron chi connectivity index (χ0n) is 9.08. The van der Waals surface area contributed by atoms with Crippen LogP contribution in [0.25, 0.3) is 5.78 Å². The van der Waals surface area contributed by atoms with E-state index in [9.17, 15) is 0 Å². The van der Waals surface area contributed by atoms with Crippen LogP contribution in [0.2, 0.25) is 0 Å². The predicted octanol–water partition coefficient (Wildman–Crippen LogP) is 1.84. The smallest absolute Gasteiger partial charge is 0.238 e. The van der Waals surface area contributed by atoms with Gasteiger partial charge in [0, 0.05) is 36.5 Å². The molecule has 1 N–H and O–H groups in total. The fourth-order valence-electron chi connectivity index (χ4n) is 1.57. The first-order valence-electron chi connectivity index (χ1n) is 5.30. The monoisotopic (exact) mass is 243 g/mol. The molecule has 0 amide bonds. The molecule has 0 spiro atoms. The number of rotatable bonds is 3. The lowest BCUT2D eigenvalue weighted by Crippen LogP contribution is -2.03. The molecule has 4 nitrogen and oxygen atoms in total. The Labute approximate surface area is 103 Å². The second-order valence-corrected chi connectivity index (χ2v) is 4.59. The van der Waals surface area contributed by atoms with E-state index in [1.165, 1.54) is 0 Å². The van der Waals surface area contributed by atoms with Crippen molar-refractivity contribution < 1.29 is 4.98 Å². The highest BCUT2D eigenvalue weighted by Gasteiger charge is 2.05. The second-order valence-electron chi connectivity index (χ2n) is 3.57. The number of hydrogen-bond donors (Lipinski definition) is 0. The van der Waals surface area contributed by atoms with Crippen LogP contribution in [0.5, 0.6) is 0 Å². The molecule has 3 aromatic heterocycles. The number of aromatic amines is 1. The van der Waals surface area contributed by atoms with Crippen LogP contribution in [0.3, 0.4) is 0 Å². The molecule has 0 fully saturated rings. The van der Waals surface area contributed by atoms with Crippen LogP contribution < -0.4 is 4.98 Å². The van der Waals surface area contributed by atoms with Crippen molar-refractivity contribution in [3.63, 3.8) is 0 Å². The Hall–Kier alpha value is -1.88. The molecule has 3 aromatic rings. The number of fused-ring (bicyclic) bond motifs is 1. The minimum Gasteiger partial charge on any atom is -0.291 e. The van der Waals surface area contributed by atoms with Gasteiger partial charge in [0.05, 0.1) is 5.69 Å². The van der Waals surface area contributed by atoms with Gasteiger partial charge in [0.1, 0.15) is 0 Å². The van der Waals surface area contributed by atoms with Crippen molar-refractivity contribution in [1.82, 2.24) is 14.4 Å². The second kappa shape index (κ2) is 4.55. The maximum absolute atomic E-state index is 4.44. The summed E-state index contributed by atoms with van der Waals surface area (Å²) in [5.74, 6) is 1.59. The first kappa shape index (κ1) is 10.3. The zero-order chi connectivity index (χ0) is 11.5. The largest absolute Gasteiger partial charge is 0.291 e. The summed E-state index contributed by atoms with van der Waals surface area (Å²) in [6, 6.07) is 7.94. The molecule has 0 saturated carbocycles. The van der Waals surface area contributed by atoms with Crippen molar-refractivity contribution in [1.29, 1.82) is 0 Å². The SMILES string of the molecule is c1ccc(SCc2cn3cccnc3n2)[nH+]c1. The van der Waals surface area contributed by atoms with Crippen LogP contribution in [0, 0.1) is 0 Å². The number of hydrogen-bond acceptors (Lipinski definition) is 3. The van der Waals surface area contributed by atoms with Crippen LogP contribution in [0.1, 0.15) is 5.69 Å². The van der Waals surface area contributed by atoms with Gasteiger partial charge < -0.3 is 0 Å². The first-order chi connectivity index (χ1) is 8.42. The Bertz CT molecular complexity index is 587. The average Bonchev–Trinajstić information content (AvgIpc) is 2.80. The molecule has 0 bridgehead atoms. The van der Waals surface area contributed by atoms with Crippen LogP contribution in [0.15, 0.2) is 54.1 Å². The van der Waals surface area contributed by atoms with Gasteiger partial charge in [0.25, 0.3) is 0 Å². The number of imidazole rings is 1. The third-order valence-corrected chi connectivity index (χ3v) is 3.35. The van der Waals surface area contributed by atoms with Crippen molar-refractivity contribution in [3.8, 4) is 0 Å². The fourth-order valence-corrected chi connectivity index (χ4v) is 2.34. The Morgan fingerprint density at radius 1 is 1.29 bits per heavy atom. The highest BCUT2D eigenvalue weighted by atomic mass is 32.2. The van der Waals surface area contributed by atoms with Crippen LogP contribution in [-0.4, -0.2) is 14.4 Å². The molecular weight excluding hydrogens is 232 g/mol. The first-order valence-corrected chi connectivity index (χ1v) is 6.28. The summed E-state index contributed by atoms with van der Waals surface area (Å²) < 4.78 is 1.94. The van der Waals surface area contributed by atoms with Crippen molar-refractivity contribution in [2.75, 3.05) is 0 Å². The normalized spacial score (nSPS) is 10.8. The van der Waals surface area contributed by atoms with Gasteiger partial charge in [-0.05, 0) is 12.1 Å². The van der Waals surface area contributed by atoms with Gasteiger partial charge in [-0.3, -0.25) is 4.40 Å². The van der Waals surface area contributed by atoms with Crippen molar-refractivity contribution in [2.24, 2.45) is 0 Å². The van der Waals surface area contributed by atoms with Crippen molar-refractivity contribution in [3.05, 3.63) is 54.7 Å². The van der Waals surface area contributed by atoms with Crippen molar-refractivity contribution in [2.45, 2.75) is 10.8 Å². The van der Waals surface area contributed by atoms with E-state index in [-0.39, 0.29) is 0 Å². The molecule has 0 aliphatic rings. The van der Waals surface area contributed by atoms with E-state index in [2.05, 4.69) is 21.0 Å². The van der Waals surface area contributed by atoms with E-state index in [0.29, 0.717) is 0 Å². The molecule has 0 unspecified atom stereocenters. The van der Waals surface area contributed by atoms with E-state index < -0.39 is 0 Å². The van der Waals surface area contributed by atoms with Gasteiger partial charge in [0.2, 0.25) is 10.8 Å². The maximum atomic E-state index is 4.44. The number of nitrogens with zero attached hydrogens (tertiary/aromatic N) is 3. The van der Waals surface area contributed by atoms with Crippen LogP contribution in [0.4, 0.5) is 0 Å². The van der Waals surface area contributed by atoms with Crippen LogP contribution in [-0.2, 0) is 5.75 Å². The molecule has 0 saturated heterocycles. The lowest BCUT2D eigenvalue weighted by atomic mass is 10.5. The summed E-state index contributed by atoms with van der Waals surface area (Å²) in [7, 11) is 0. The van der Waals surface area contributed by atoms with E-state index >= 15 is 0 Å². The van der Waals surface area contributed by atoms with Gasteiger partial charge in [-0.25, -0.2) is 15.0 Å². The minimum absolute atomic E-state index is 0.750. The lowest BCUT2D eigenvalue weighted by molar-refractivity contribution is -0.426. The quantitative estimate of drug-likeness (QED) is 0.659. The topological polar surface area (TPSA) is 44.3 Å². The molecular formula is C12H11N4S+. The number of aromatic nitrogens is 4. The summed E-state index contributed by atoms with van der Waals surface area (Å²) in [5, 5.41) is 1.14. The Balaban J connectivity index is 1.77. The summed E-state index contributed by atoms with van der Waals surface area (Å²) in [5.41, 5.74) is 1.03.